The van der Waals surface area contributed by atoms with E-state index in [2.05, 4.69) is 0 Å². The van der Waals surface area contributed by atoms with Crippen molar-refractivity contribution in [2.45, 2.75) is 6.92 Å². The minimum Gasteiger partial charge on any atom is -0.490 e. The second kappa shape index (κ2) is 8.08. The summed E-state index contributed by atoms with van der Waals surface area (Å²) in [5, 5.41) is 0. The van der Waals surface area contributed by atoms with E-state index in [-0.39, 0.29) is 12.4 Å². The minimum absolute atomic E-state index is 0.0650. The molecule has 0 bridgehead atoms. The van der Waals surface area contributed by atoms with Crippen molar-refractivity contribution in [1.82, 2.24) is 4.31 Å². The summed E-state index contributed by atoms with van der Waals surface area (Å²) in [7, 11) is -1.80. The number of anilines is 1. The molecule has 0 aromatic heterocycles. The zero-order chi connectivity index (χ0) is 15.0. The molecule has 0 amide bonds. The van der Waals surface area contributed by atoms with Crippen LogP contribution in [0.15, 0.2) is 24.3 Å². The van der Waals surface area contributed by atoms with E-state index < -0.39 is 10.0 Å². The Bertz CT molecular complexity index is 505. The number of rotatable bonds is 9. The predicted molar refractivity (Wildman–Crippen MR) is 79.3 cm³/mol. The molecule has 1 rings (SSSR count). The van der Waals surface area contributed by atoms with Gasteiger partial charge in [-0.25, -0.2) is 12.7 Å². The molecule has 1 aromatic carbocycles. The molecule has 6 nitrogen and oxygen atoms in total. The van der Waals surface area contributed by atoms with Crippen molar-refractivity contribution >= 4 is 15.7 Å². The zero-order valence-electron chi connectivity index (χ0n) is 11.9. The summed E-state index contributed by atoms with van der Waals surface area (Å²) in [4.78, 5) is 0. The standard InChI is InChI=1S/C13H22N2O4S/c1-3-18-9-8-15(2)20(16,17)11-10-19-13-7-5-4-6-12(13)14/h4-7H,3,8-11,14H2,1-2H3. The lowest BCUT2D eigenvalue weighted by atomic mass is 10.3. The van der Waals surface area contributed by atoms with Crippen LogP contribution in [0, 0.1) is 0 Å². The number of nitrogen functional groups attached to an aromatic ring is 1. The highest BCUT2D eigenvalue weighted by molar-refractivity contribution is 7.89. The van der Waals surface area contributed by atoms with Gasteiger partial charge < -0.3 is 15.2 Å². The van der Waals surface area contributed by atoms with E-state index >= 15 is 0 Å². The van der Waals surface area contributed by atoms with Gasteiger partial charge in [-0.05, 0) is 19.1 Å². The van der Waals surface area contributed by atoms with Crippen LogP contribution in [0.3, 0.4) is 0 Å². The first-order valence-corrected chi connectivity index (χ1v) is 8.07. The van der Waals surface area contributed by atoms with Crippen LogP contribution < -0.4 is 10.5 Å². The summed E-state index contributed by atoms with van der Waals surface area (Å²) in [5.41, 5.74) is 6.20. The molecule has 1 aromatic rings. The predicted octanol–water partition coefficient (Wildman–Crippen LogP) is 0.946. The summed E-state index contributed by atoms with van der Waals surface area (Å²) in [6.45, 7) is 3.23. The van der Waals surface area contributed by atoms with Crippen molar-refractivity contribution in [3.05, 3.63) is 24.3 Å². The number of likely N-dealkylation sites (N-methyl/N-ethyl adjacent to an activating group) is 1. The molecular weight excluding hydrogens is 280 g/mol. The van der Waals surface area contributed by atoms with Gasteiger partial charge in [-0.15, -0.1) is 0 Å². The molecule has 0 aliphatic heterocycles. The molecule has 0 spiro atoms. The van der Waals surface area contributed by atoms with E-state index in [0.717, 1.165) is 0 Å². The van der Waals surface area contributed by atoms with Crippen LogP contribution in [0.5, 0.6) is 5.75 Å². The molecule has 114 valence electrons. The molecule has 2 N–H and O–H groups in total. The summed E-state index contributed by atoms with van der Waals surface area (Å²) >= 11 is 0. The third kappa shape index (κ3) is 5.36. The third-order valence-electron chi connectivity index (χ3n) is 2.75. The number of hydrogen-bond acceptors (Lipinski definition) is 5. The quantitative estimate of drug-likeness (QED) is 0.542. The SMILES string of the molecule is CCOCCN(C)S(=O)(=O)CCOc1ccccc1N. The highest BCUT2D eigenvalue weighted by atomic mass is 32.2. The number of nitrogens with zero attached hydrogens (tertiary/aromatic N) is 1. The summed E-state index contributed by atoms with van der Waals surface area (Å²) < 4.78 is 35.7. The van der Waals surface area contributed by atoms with E-state index in [0.29, 0.717) is 31.2 Å². The Morgan fingerprint density at radius 1 is 1.25 bits per heavy atom. The number of nitrogens with two attached hydrogens (primary N) is 1. The Hall–Kier alpha value is -1.31. The highest BCUT2D eigenvalue weighted by Gasteiger charge is 2.17. The molecule has 0 radical (unpaired) electrons. The van der Waals surface area contributed by atoms with Crippen LogP contribution >= 0.6 is 0 Å². The van der Waals surface area contributed by atoms with Crippen molar-refractivity contribution in [2.75, 3.05) is 44.9 Å². The van der Waals surface area contributed by atoms with Gasteiger partial charge in [0.25, 0.3) is 0 Å². The molecule has 7 heteroatoms. The van der Waals surface area contributed by atoms with E-state index in [1.54, 1.807) is 24.3 Å². The van der Waals surface area contributed by atoms with Crippen molar-refractivity contribution < 1.29 is 17.9 Å². The van der Waals surface area contributed by atoms with Gasteiger partial charge >= 0.3 is 0 Å². The van der Waals surface area contributed by atoms with Crippen LogP contribution in [0.2, 0.25) is 0 Å². The lowest BCUT2D eigenvalue weighted by molar-refractivity contribution is 0.138. The van der Waals surface area contributed by atoms with Gasteiger partial charge in [0.05, 0.1) is 18.0 Å². The normalized spacial score (nSPS) is 11.8. The van der Waals surface area contributed by atoms with Gasteiger partial charge in [-0.3, -0.25) is 0 Å². The highest BCUT2D eigenvalue weighted by Crippen LogP contribution is 2.19. The first-order valence-electron chi connectivity index (χ1n) is 6.46. The average Bonchev–Trinajstić information content (AvgIpc) is 2.41. The van der Waals surface area contributed by atoms with Gasteiger partial charge in [0.2, 0.25) is 10.0 Å². The van der Waals surface area contributed by atoms with E-state index in [1.807, 2.05) is 6.92 Å². The minimum atomic E-state index is -3.34. The molecular formula is C13H22N2O4S. The molecule has 20 heavy (non-hydrogen) atoms. The summed E-state index contributed by atoms with van der Waals surface area (Å²) in [6, 6.07) is 6.99. The molecule has 0 aliphatic carbocycles. The fourth-order valence-corrected chi connectivity index (χ4v) is 2.46. The molecule has 0 atom stereocenters. The molecule has 0 aliphatic rings. The smallest absolute Gasteiger partial charge is 0.217 e. The first-order chi connectivity index (χ1) is 9.47. The molecule has 0 saturated heterocycles. The second-order valence-corrected chi connectivity index (χ2v) is 6.42. The lowest BCUT2D eigenvalue weighted by Crippen LogP contribution is -2.34. The third-order valence-corrected chi connectivity index (χ3v) is 4.56. The molecule has 0 unspecified atom stereocenters. The van der Waals surface area contributed by atoms with Crippen LogP contribution in [0.1, 0.15) is 6.92 Å². The fraction of sp³-hybridized carbons (Fsp3) is 0.538. The monoisotopic (exact) mass is 302 g/mol. The fourth-order valence-electron chi connectivity index (χ4n) is 1.50. The van der Waals surface area contributed by atoms with Gasteiger partial charge in [0.1, 0.15) is 12.4 Å². The summed E-state index contributed by atoms with van der Waals surface area (Å²) in [5.74, 6) is 0.406. The first kappa shape index (κ1) is 16.7. The number of sulfonamides is 1. The van der Waals surface area contributed by atoms with Crippen LogP contribution in [0.25, 0.3) is 0 Å². The topological polar surface area (TPSA) is 81.9 Å². The van der Waals surface area contributed by atoms with Crippen LogP contribution in [-0.2, 0) is 14.8 Å². The van der Waals surface area contributed by atoms with Crippen molar-refractivity contribution in [2.24, 2.45) is 0 Å². The van der Waals surface area contributed by atoms with Crippen molar-refractivity contribution in [1.29, 1.82) is 0 Å². The maximum Gasteiger partial charge on any atom is 0.217 e. The maximum absolute atomic E-state index is 12.0. The number of para-hydroxylation sites is 2. The molecule has 0 fully saturated rings. The van der Waals surface area contributed by atoms with Crippen LogP contribution in [0.4, 0.5) is 5.69 Å². The summed E-state index contributed by atoms with van der Waals surface area (Å²) in [6.07, 6.45) is 0. The Balaban J connectivity index is 2.41. The second-order valence-electron chi connectivity index (χ2n) is 4.22. The van der Waals surface area contributed by atoms with Gasteiger partial charge in [-0.1, -0.05) is 12.1 Å². The van der Waals surface area contributed by atoms with Crippen molar-refractivity contribution in [3.8, 4) is 5.75 Å². The number of benzene rings is 1. The number of hydrogen-bond donors (Lipinski definition) is 1. The molecule has 0 saturated carbocycles. The largest absolute Gasteiger partial charge is 0.490 e. The molecule has 0 heterocycles. The Kier molecular flexibility index (Phi) is 6.77. The van der Waals surface area contributed by atoms with Crippen molar-refractivity contribution in [3.63, 3.8) is 0 Å². The van der Waals surface area contributed by atoms with Gasteiger partial charge in [0, 0.05) is 20.2 Å². The Morgan fingerprint density at radius 2 is 1.95 bits per heavy atom. The van der Waals surface area contributed by atoms with E-state index in [1.165, 1.54) is 11.4 Å². The van der Waals surface area contributed by atoms with Gasteiger partial charge in [-0.2, -0.15) is 0 Å². The average molecular weight is 302 g/mol. The Labute approximate surface area is 120 Å². The number of ether oxygens (including phenoxy) is 2. The van der Waals surface area contributed by atoms with E-state index in [4.69, 9.17) is 15.2 Å². The van der Waals surface area contributed by atoms with Gasteiger partial charge in [0.15, 0.2) is 0 Å². The zero-order valence-corrected chi connectivity index (χ0v) is 12.7. The van der Waals surface area contributed by atoms with E-state index in [9.17, 15) is 8.42 Å². The lowest BCUT2D eigenvalue weighted by Gasteiger charge is -2.17. The maximum atomic E-state index is 12.0. The Morgan fingerprint density at radius 3 is 2.60 bits per heavy atom. The van der Waals surface area contributed by atoms with Crippen LogP contribution in [-0.4, -0.2) is 51.9 Å².